The third-order valence-corrected chi connectivity index (χ3v) is 4.04. The lowest BCUT2D eigenvalue weighted by Gasteiger charge is -2.10. The molecule has 1 aromatic carbocycles. The number of hydrogen-bond acceptors (Lipinski definition) is 4. The van der Waals surface area contributed by atoms with Crippen molar-refractivity contribution in [1.82, 2.24) is 4.90 Å². The predicted octanol–water partition coefficient (Wildman–Crippen LogP) is 2.89. The van der Waals surface area contributed by atoms with Gasteiger partial charge in [-0.1, -0.05) is 48.6 Å². The van der Waals surface area contributed by atoms with E-state index in [1.807, 2.05) is 24.3 Å². The Bertz CT molecular complexity index is 632. The number of aliphatic hydroxyl groups is 2. The minimum absolute atomic E-state index is 0.00422. The molecule has 2 atom stereocenters. The second kappa shape index (κ2) is 12.9. The lowest BCUT2D eigenvalue weighted by molar-refractivity contribution is -0.129. The third kappa shape index (κ3) is 10.4. The summed E-state index contributed by atoms with van der Waals surface area (Å²) < 4.78 is 5.12. The highest BCUT2D eigenvalue weighted by atomic mass is 16.5. The van der Waals surface area contributed by atoms with Gasteiger partial charge in [0.2, 0.25) is 5.91 Å². The van der Waals surface area contributed by atoms with Crippen LogP contribution in [0.4, 0.5) is 0 Å². The molecule has 0 aliphatic heterocycles. The molecule has 148 valence electrons. The fourth-order valence-corrected chi connectivity index (χ4v) is 2.31. The van der Waals surface area contributed by atoms with E-state index in [9.17, 15) is 15.0 Å². The van der Waals surface area contributed by atoms with E-state index in [2.05, 4.69) is 0 Å². The number of allylic oxidation sites excluding steroid dienone is 4. The first-order valence-electron chi connectivity index (χ1n) is 9.13. The molecular formula is C22H31NO4. The maximum atomic E-state index is 11.4. The number of amides is 1. The first-order chi connectivity index (χ1) is 12.9. The van der Waals surface area contributed by atoms with Crippen molar-refractivity contribution >= 4 is 5.91 Å². The van der Waals surface area contributed by atoms with Gasteiger partial charge in [-0.25, -0.2) is 0 Å². The SMILES string of the molecule is COc1ccc(CCC(O)C=CC=CC=CC(O)CCC(=O)N(C)C)cc1. The molecule has 2 unspecified atom stereocenters. The summed E-state index contributed by atoms with van der Waals surface area (Å²) in [7, 11) is 5.04. The van der Waals surface area contributed by atoms with E-state index < -0.39 is 12.2 Å². The summed E-state index contributed by atoms with van der Waals surface area (Å²) in [6.45, 7) is 0. The minimum Gasteiger partial charge on any atom is -0.497 e. The molecule has 0 saturated carbocycles. The van der Waals surface area contributed by atoms with Gasteiger partial charge in [-0.15, -0.1) is 0 Å². The van der Waals surface area contributed by atoms with Gasteiger partial charge >= 0.3 is 0 Å². The number of methoxy groups -OCH3 is 1. The Hall–Kier alpha value is -2.37. The van der Waals surface area contributed by atoms with Crippen molar-refractivity contribution in [3.63, 3.8) is 0 Å². The fraction of sp³-hybridized carbons (Fsp3) is 0.409. The van der Waals surface area contributed by atoms with Gasteiger partial charge in [-0.05, 0) is 37.0 Å². The van der Waals surface area contributed by atoms with Crippen LogP contribution in [0.15, 0.2) is 60.7 Å². The Labute approximate surface area is 162 Å². The molecular weight excluding hydrogens is 342 g/mol. The largest absolute Gasteiger partial charge is 0.497 e. The number of hydrogen-bond donors (Lipinski definition) is 2. The van der Waals surface area contributed by atoms with E-state index in [1.54, 1.807) is 57.7 Å². The molecule has 1 aromatic rings. The van der Waals surface area contributed by atoms with Crippen LogP contribution in [0.25, 0.3) is 0 Å². The number of carbonyl (C=O) groups excluding carboxylic acids is 1. The Balaban J connectivity index is 2.26. The van der Waals surface area contributed by atoms with Crippen molar-refractivity contribution in [1.29, 1.82) is 0 Å². The van der Waals surface area contributed by atoms with Gasteiger partial charge in [0.15, 0.2) is 0 Å². The standard InChI is InChI=1S/C22H31NO4/c1-23(2)22(26)17-14-20(25)9-7-5-4-6-8-19(24)13-10-18-11-15-21(27-3)16-12-18/h4-9,11-12,15-16,19-20,24-25H,10,13-14,17H2,1-3H3. The summed E-state index contributed by atoms with van der Waals surface area (Å²) in [5, 5.41) is 19.8. The Morgan fingerprint density at radius 3 is 2.07 bits per heavy atom. The summed E-state index contributed by atoms with van der Waals surface area (Å²) in [6.07, 6.45) is 11.5. The van der Waals surface area contributed by atoms with Crippen LogP contribution in [0.5, 0.6) is 5.75 Å². The average Bonchev–Trinajstić information content (AvgIpc) is 2.67. The maximum Gasteiger partial charge on any atom is 0.222 e. The lowest BCUT2D eigenvalue weighted by atomic mass is 10.1. The molecule has 0 aliphatic rings. The molecule has 0 fully saturated rings. The summed E-state index contributed by atoms with van der Waals surface area (Å²) in [5.74, 6) is 0.830. The first-order valence-corrected chi connectivity index (χ1v) is 9.13. The number of aliphatic hydroxyl groups excluding tert-OH is 2. The Kier molecular flexibility index (Phi) is 10.8. The second-order valence-corrected chi connectivity index (χ2v) is 6.50. The van der Waals surface area contributed by atoms with Crippen molar-refractivity contribution in [2.24, 2.45) is 0 Å². The van der Waals surface area contributed by atoms with Gasteiger partial charge in [0.05, 0.1) is 19.3 Å². The quantitative estimate of drug-likeness (QED) is 0.585. The maximum absolute atomic E-state index is 11.4. The Morgan fingerprint density at radius 2 is 1.56 bits per heavy atom. The van der Waals surface area contributed by atoms with Crippen molar-refractivity contribution in [2.45, 2.75) is 37.9 Å². The molecule has 0 spiro atoms. The summed E-state index contributed by atoms with van der Waals surface area (Å²) in [5.41, 5.74) is 1.16. The van der Waals surface area contributed by atoms with Crippen molar-refractivity contribution < 1.29 is 19.7 Å². The summed E-state index contributed by atoms with van der Waals surface area (Å²) in [6, 6.07) is 7.82. The van der Waals surface area contributed by atoms with Gasteiger partial charge in [0.1, 0.15) is 5.75 Å². The number of benzene rings is 1. The lowest BCUT2D eigenvalue weighted by Crippen LogP contribution is -2.22. The van der Waals surface area contributed by atoms with E-state index in [4.69, 9.17) is 4.74 Å². The number of carbonyl (C=O) groups is 1. The highest BCUT2D eigenvalue weighted by molar-refractivity contribution is 5.75. The number of nitrogens with zero attached hydrogens (tertiary/aromatic N) is 1. The molecule has 0 aliphatic carbocycles. The molecule has 0 heterocycles. The molecule has 2 N–H and O–H groups in total. The van der Waals surface area contributed by atoms with Gasteiger partial charge < -0.3 is 19.8 Å². The first kappa shape index (κ1) is 22.7. The molecule has 0 saturated heterocycles. The fourth-order valence-electron chi connectivity index (χ4n) is 2.31. The van der Waals surface area contributed by atoms with Gasteiger partial charge in [0.25, 0.3) is 0 Å². The van der Waals surface area contributed by atoms with E-state index in [1.165, 1.54) is 4.90 Å². The van der Waals surface area contributed by atoms with E-state index in [0.29, 0.717) is 19.3 Å². The van der Waals surface area contributed by atoms with Crippen LogP contribution in [0, 0.1) is 0 Å². The highest BCUT2D eigenvalue weighted by Crippen LogP contribution is 2.13. The molecule has 0 radical (unpaired) electrons. The summed E-state index contributed by atoms with van der Waals surface area (Å²) >= 11 is 0. The predicted molar refractivity (Wildman–Crippen MR) is 109 cm³/mol. The van der Waals surface area contributed by atoms with Crippen LogP contribution in [0.1, 0.15) is 24.8 Å². The Morgan fingerprint density at radius 1 is 1.00 bits per heavy atom. The average molecular weight is 373 g/mol. The van der Waals surface area contributed by atoms with Gasteiger partial charge in [0, 0.05) is 20.5 Å². The summed E-state index contributed by atoms with van der Waals surface area (Å²) in [4.78, 5) is 13.0. The molecule has 0 bridgehead atoms. The topological polar surface area (TPSA) is 70.0 Å². The number of aryl methyl sites for hydroxylation is 1. The number of rotatable bonds is 11. The van der Waals surface area contributed by atoms with Gasteiger partial charge in [-0.3, -0.25) is 4.79 Å². The van der Waals surface area contributed by atoms with Crippen LogP contribution in [0.2, 0.25) is 0 Å². The molecule has 1 amide bonds. The highest BCUT2D eigenvalue weighted by Gasteiger charge is 2.06. The smallest absolute Gasteiger partial charge is 0.222 e. The van der Waals surface area contributed by atoms with Crippen LogP contribution in [0.3, 0.4) is 0 Å². The zero-order valence-electron chi connectivity index (χ0n) is 16.4. The van der Waals surface area contributed by atoms with Gasteiger partial charge in [-0.2, -0.15) is 0 Å². The molecule has 5 heteroatoms. The molecule has 1 rings (SSSR count). The minimum atomic E-state index is -0.641. The zero-order valence-corrected chi connectivity index (χ0v) is 16.4. The normalized spacial score (nSPS) is 14.1. The monoisotopic (exact) mass is 373 g/mol. The molecule has 0 aromatic heterocycles. The van der Waals surface area contributed by atoms with Crippen molar-refractivity contribution in [3.05, 3.63) is 66.3 Å². The van der Waals surface area contributed by atoms with Crippen LogP contribution >= 0.6 is 0 Å². The van der Waals surface area contributed by atoms with Crippen molar-refractivity contribution in [2.75, 3.05) is 21.2 Å². The van der Waals surface area contributed by atoms with Crippen LogP contribution < -0.4 is 4.74 Å². The molecule has 5 nitrogen and oxygen atoms in total. The van der Waals surface area contributed by atoms with Crippen LogP contribution in [-0.2, 0) is 11.2 Å². The van der Waals surface area contributed by atoms with E-state index >= 15 is 0 Å². The van der Waals surface area contributed by atoms with E-state index in [0.717, 1.165) is 17.7 Å². The van der Waals surface area contributed by atoms with Crippen molar-refractivity contribution in [3.8, 4) is 5.75 Å². The second-order valence-electron chi connectivity index (χ2n) is 6.50. The van der Waals surface area contributed by atoms with E-state index in [-0.39, 0.29) is 5.91 Å². The zero-order chi connectivity index (χ0) is 20.1. The third-order valence-electron chi connectivity index (χ3n) is 4.04. The molecule has 27 heavy (non-hydrogen) atoms. The van der Waals surface area contributed by atoms with Crippen LogP contribution in [-0.4, -0.2) is 54.4 Å². The number of ether oxygens (including phenoxy) is 1.